The second-order valence-corrected chi connectivity index (χ2v) is 4.35. The maximum absolute atomic E-state index is 11.2. The smallest absolute Gasteiger partial charge is 0.222 e. The predicted octanol–water partition coefficient (Wildman–Crippen LogP) is 0.433. The molecule has 1 aliphatic heterocycles. The molecule has 0 spiro atoms. The van der Waals surface area contributed by atoms with Crippen molar-refractivity contribution in [3.63, 3.8) is 0 Å². The molecule has 0 amide bonds. The second kappa shape index (κ2) is 2.11. The number of nitrogens with one attached hydrogen (secondary N) is 1. The quantitative estimate of drug-likeness (QED) is 0.448. The van der Waals surface area contributed by atoms with E-state index in [1.807, 2.05) is 0 Å². The van der Waals surface area contributed by atoms with Gasteiger partial charge in [0.1, 0.15) is 0 Å². The van der Waals surface area contributed by atoms with E-state index in [-0.39, 0.29) is 11.8 Å². The molecular formula is C10H13NO. The highest BCUT2D eigenvalue weighted by molar-refractivity contribution is 6.00. The van der Waals surface area contributed by atoms with Gasteiger partial charge in [0.2, 0.25) is 5.78 Å². The van der Waals surface area contributed by atoms with E-state index in [4.69, 9.17) is 6.42 Å². The number of ketones is 1. The van der Waals surface area contributed by atoms with Gasteiger partial charge >= 0.3 is 0 Å². The van der Waals surface area contributed by atoms with Crippen molar-refractivity contribution in [2.75, 3.05) is 6.54 Å². The van der Waals surface area contributed by atoms with Crippen LogP contribution in [-0.4, -0.2) is 18.4 Å². The molecule has 0 radical (unpaired) electrons. The molecule has 2 aliphatic rings. The largest absolute Gasteiger partial charge is 0.306 e. The highest BCUT2D eigenvalue weighted by atomic mass is 16.1. The zero-order chi connectivity index (χ0) is 8.93. The number of Topliss-reactive ketones (excluding diaryl/α,β-unsaturated/α-hetero) is 1. The summed E-state index contributed by atoms with van der Waals surface area (Å²) in [5.74, 6) is 3.28. The molecule has 0 aromatic carbocycles. The topological polar surface area (TPSA) is 29.1 Å². The number of carbonyl (C=O) groups excluding carboxylic acids is 1. The Kier molecular flexibility index (Phi) is 1.38. The minimum Gasteiger partial charge on any atom is -0.306 e. The maximum atomic E-state index is 11.2. The van der Waals surface area contributed by atoms with Crippen LogP contribution in [0.5, 0.6) is 0 Å². The van der Waals surface area contributed by atoms with Gasteiger partial charge in [-0.1, -0.05) is 13.8 Å². The first-order valence-corrected chi connectivity index (χ1v) is 4.33. The van der Waals surface area contributed by atoms with E-state index in [9.17, 15) is 4.79 Å². The van der Waals surface area contributed by atoms with E-state index in [1.54, 1.807) is 0 Å². The molecule has 0 bridgehead atoms. The summed E-state index contributed by atoms with van der Waals surface area (Å²) in [7, 11) is 0. The molecule has 1 heterocycles. The number of piperidine rings is 1. The van der Waals surface area contributed by atoms with Crippen molar-refractivity contribution in [3.05, 3.63) is 0 Å². The molecule has 1 N–H and O–H groups in total. The molecule has 3 unspecified atom stereocenters. The summed E-state index contributed by atoms with van der Waals surface area (Å²) >= 11 is 0. The fourth-order valence-electron chi connectivity index (χ4n) is 2.56. The van der Waals surface area contributed by atoms with Crippen LogP contribution in [0.2, 0.25) is 0 Å². The molecule has 1 saturated heterocycles. The van der Waals surface area contributed by atoms with Gasteiger partial charge in [-0.2, -0.15) is 0 Å². The van der Waals surface area contributed by atoms with Crippen LogP contribution in [0.15, 0.2) is 0 Å². The van der Waals surface area contributed by atoms with Crippen molar-refractivity contribution in [1.82, 2.24) is 5.32 Å². The third kappa shape index (κ3) is 0.776. The van der Waals surface area contributed by atoms with Crippen LogP contribution in [0, 0.1) is 29.6 Å². The monoisotopic (exact) mass is 163 g/mol. The molecule has 0 aromatic rings. The molecule has 1 aliphatic carbocycles. The lowest BCUT2D eigenvalue weighted by Gasteiger charge is -2.14. The average Bonchev–Trinajstić information content (AvgIpc) is 2.52. The third-order valence-electron chi connectivity index (χ3n) is 3.48. The standard InChI is InChI=1S/C10H13NO/c1-4-7(12)9-8-6(5-11-9)10(8,2)3/h1,6,8-9,11H,5H2,2-3H3. The number of carbonyl (C=O) groups is 1. The van der Waals surface area contributed by atoms with Gasteiger partial charge in [0.15, 0.2) is 0 Å². The first kappa shape index (κ1) is 7.82. The van der Waals surface area contributed by atoms with Crippen molar-refractivity contribution >= 4 is 5.78 Å². The first-order chi connectivity index (χ1) is 5.59. The van der Waals surface area contributed by atoms with Gasteiger partial charge in [-0.3, -0.25) is 4.79 Å². The minimum atomic E-state index is -0.0759. The lowest BCUT2D eigenvalue weighted by molar-refractivity contribution is -0.116. The third-order valence-corrected chi connectivity index (χ3v) is 3.48. The normalized spacial score (nSPS) is 41.6. The number of rotatable bonds is 1. The van der Waals surface area contributed by atoms with Gasteiger partial charge < -0.3 is 5.32 Å². The summed E-state index contributed by atoms with van der Waals surface area (Å²) in [5, 5.41) is 3.17. The summed E-state index contributed by atoms with van der Waals surface area (Å²) in [6, 6.07) is -0.0602. The van der Waals surface area contributed by atoms with E-state index in [1.165, 1.54) is 0 Å². The molecule has 2 fully saturated rings. The van der Waals surface area contributed by atoms with Gasteiger partial charge in [0, 0.05) is 0 Å². The molecule has 1 saturated carbocycles. The zero-order valence-electron chi connectivity index (χ0n) is 7.42. The molecule has 12 heavy (non-hydrogen) atoms. The SMILES string of the molecule is C#CC(=O)C1NCC2C1C2(C)C. The van der Waals surface area contributed by atoms with E-state index in [0.717, 1.165) is 6.54 Å². The Morgan fingerprint density at radius 2 is 2.33 bits per heavy atom. The second-order valence-electron chi connectivity index (χ2n) is 4.35. The van der Waals surface area contributed by atoms with Crippen LogP contribution in [0.25, 0.3) is 0 Å². The number of hydrogen-bond acceptors (Lipinski definition) is 2. The highest BCUT2D eigenvalue weighted by Gasteiger charge is 2.65. The first-order valence-electron chi connectivity index (χ1n) is 4.33. The number of hydrogen-bond donors (Lipinski definition) is 1. The van der Waals surface area contributed by atoms with Crippen LogP contribution in [0.1, 0.15) is 13.8 Å². The summed E-state index contributed by atoms with van der Waals surface area (Å²) in [6.07, 6.45) is 5.08. The Hall–Kier alpha value is -0.810. The van der Waals surface area contributed by atoms with E-state index in [2.05, 4.69) is 25.1 Å². The van der Waals surface area contributed by atoms with Gasteiger partial charge in [-0.15, -0.1) is 6.42 Å². The molecule has 64 valence electrons. The van der Waals surface area contributed by atoms with Crippen molar-refractivity contribution in [2.24, 2.45) is 17.3 Å². The Labute approximate surface area is 72.7 Å². The summed E-state index contributed by atoms with van der Waals surface area (Å²) in [6.45, 7) is 5.37. The Morgan fingerprint density at radius 3 is 2.75 bits per heavy atom. The molecule has 0 aromatic heterocycles. The highest BCUT2D eigenvalue weighted by Crippen LogP contribution is 2.62. The van der Waals surface area contributed by atoms with Gasteiger partial charge in [-0.25, -0.2) is 0 Å². The van der Waals surface area contributed by atoms with Crippen molar-refractivity contribution < 1.29 is 4.79 Å². The summed E-state index contributed by atoms with van der Waals surface area (Å²) in [5.41, 5.74) is 0.336. The lowest BCUT2D eigenvalue weighted by Crippen LogP contribution is -2.36. The predicted molar refractivity (Wildman–Crippen MR) is 46.4 cm³/mol. The van der Waals surface area contributed by atoms with Crippen LogP contribution in [0.3, 0.4) is 0 Å². The summed E-state index contributed by atoms with van der Waals surface area (Å²) in [4.78, 5) is 11.2. The molecule has 2 rings (SSSR count). The molecular weight excluding hydrogens is 150 g/mol. The van der Waals surface area contributed by atoms with E-state index < -0.39 is 0 Å². The molecule has 2 nitrogen and oxygen atoms in total. The van der Waals surface area contributed by atoms with E-state index >= 15 is 0 Å². The number of fused-ring (bicyclic) bond motifs is 1. The Balaban J connectivity index is 2.14. The minimum absolute atomic E-state index is 0.0602. The van der Waals surface area contributed by atoms with Crippen molar-refractivity contribution in [2.45, 2.75) is 19.9 Å². The number of terminal acetylenes is 1. The summed E-state index contributed by atoms with van der Waals surface area (Å²) < 4.78 is 0. The molecule has 2 heteroatoms. The van der Waals surface area contributed by atoms with Gasteiger partial charge in [-0.05, 0) is 29.7 Å². The van der Waals surface area contributed by atoms with Crippen molar-refractivity contribution in [3.8, 4) is 12.3 Å². The lowest BCUT2D eigenvalue weighted by atomic mass is 10.0. The van der Waals surface area contributed by atoms with Crippen LogP contribution in [0.4, 0.5) is 0 Å². The average molecular weight is 163 g/mol. The Bertz CT molecular complexity index is 274. The fourth-order valence-corrected chi connectivity index (χ4v) is 2.56. The van der Waals surface area contributed by atoms with Gasteiger partial charge in [0.05, 0.1) is 6.04 Å². The van der Waals surface area contributed by atoms with E-state index in [0.29, 0.717) is 17.3 Å². The molecule has 3 atom stereocenters. The fraction of sp³-hybridized carbons (Fsp3) is 0.700. The zero-order valence-corrected chi connectivity index (χ0v) is 7.42. The van der Waals surface area contributed by atoms with Crippen molar-refractivity contribution in [1.29, 1.82) is 0 Å². The maximum Gasteiger partial charge on any atom is 0.222 e. The van der Waals surface area contributed by atoms with Crippen LogP contribution >= 0.6 is 0 Å². The van der Waals surface area contributed by atoms with Gasteiger partial charge in [0.25, 0.3) is 0 Å². The van der Waals surface area contributed by atoms with Crippen LogP contribution < -0.4 is 5.32 Å². The Morgan fingerprint density at radius 1 is 1.67 bits per heavy atom. The van der Waals surface area contributed by atoms with Crippen LogP contribution in [-0.2, 0) is 4.79 Å².